The van der Waals surface area contributed by atoms with Crippen molar-refractivity contribution in [2.75, 3.05) is 46.0 Å². The summed E-state index contributed by atoms with van der Waals surface area (Å²) in [4.78, 5) is 20.0. The molecular weight excluding hydrogens is 282 g/mol. The molecule has 1 aromatic heterocycles. The van der Waals surface area contributed by atoms with Gasteiger partial charge in [-0.2, -0.15) is 0 Å². The molecule has 22 heavy (non-hydrogen) atoms. The molecule has 2 fully saturated rings. The standard InChI is InChI=1S/C16H23N3O3/c1-14(20)19-7-8-21-13-16(12-19)11-18(6-9-22-16)10-15-2-4-17-5-3-15/h2-5H,6-13H2,1H3/t16-/m0/s1. The minimum Gasteiger partial charge on any atom is -0.376 e. The lowest BCUT2D eigenvalue weighted by molar-refractivity contribution is -0.151. The van der Waals surface area contributed by atoms with E-state index in [0.717, 1.165) is 19.6 Å². The lowest BCUT2D eigenvalue weighted by atomic mass is 10.0. The summed E-state index contributed by atoms with van der Waals surface area (Å²) in [6.07, 6.45) is 3.63. The molecule has 6 nitrogen and oxygen atoms in total. The van der Waals surface area contributed by atoms with Crippen LogP contribution in [0.15, 0.2) is 24.5 Å². The molecule has 0 aliphatic carbocycles. The normalized spacial score (nSPS) is 26.9. The Hall–Kier alpha value is -1.50. The maximum atomic E-state index is 11.7. The molecule has 1 atom stereocenters. The number of nitrogens with zero attached hydrogens (tertiary/aromatic N) is 3. The Morgan fingerprint density at radius 3 is 2.86 bits per heavy atom. The number of rotatable bonds is 2. The number of hydrogen-bond donors (Lipinski definition) is 0. The summed E-state index contributed by atoms with van der Waals surface area (Å²) in [5.74, 6) is 0.0831. The minimum absolute atomic E-state index is 0.0831. The van der Waals surface area contributed by atoms with Crippen molar-refractivity contribution in [2.24, 2.45) is 0 Å². The van der Waals surface area contributed by atoms with E-state index in [4.69, 9.17) is 9.47 Å². The van der Waals surface area contributed by atoms with Crippen LogP contribution in [0.3, 0.4) is 0 Å². The fourth-order valence-corrected chi connectivity index (χ4v) is 3.16. The zero-order chi connectivity index (χ0) is 15.4. The van der Waals surface area contributed by atoms with Gasteiger partial charge in [-0.1, -0.05) is 0 Å². The fraction of sp³-hybridized carbons (Fsp3) is 0.625. The molecular formula is C16H23N3O3. The van der Waals surface area contributed by atoms with E-state index in [9.17, 15) is 4.79 Å². The SMILES string of the molecule is CC(=O)N1CCOC[C@]2(CN(Cc3ccncc3)CCO2)C1. The van der Waals surface area contributed by atoms with Crippen LogP contribution in [0.5, 0.6) is 0 Å². The highest BCUT2D eigenvalue weighted by molar-refractivity contribution is 5.73. The van der Waals surface area contributed by atoms with E-state index >= 15 is 0 Å². The highest BCUT2D eigenvalue weighted by atomic mass is 16.5. The summed E-state index contributed by atoms with van der Waals surface area (Å²) in [5.41, 5.74) is 0.831. The van der Waals surface area contributed by atoms with Crippen molar-refractivity contribution < 1.29 is 14.3 Å². The van der Waals surface area contributed by atoms with Gasteiger partial charge in [-0.25, -0.2) is 0 Å². The summed E-state index contributed by atoms with van der Waals surface area (Å²) < 4.78 is 11.8. The van der Waals surface area contributed by atoms with Crippen LogP contribution in [0.2, 0.25) is 0 Å². The zero-order valence-corrected chi connectivity index (χ0v) is 13.0. The van der Waals surface area contributed by atoms with Gasteiger partial charge in [0.15, 0.2) is 0 Å². The van der Waals surface area contributed by atoms with Gasteiger partial charge in [-0.3, -0.25) is 14.7 Å². The molecule has 0 saturated carbocycles. The topological polar surface area (TPSA) is 54.9 Å². The molecule has 3 rings (SSSR count). The molecule has 0 N–H and O–H groups in total. The van der Waals surface area contributed by atoms with Gasteiger partial charge in [0.05, 0.1) is 26.4 Å². The van der Waals surface area contributed by atoms with Crippen LogP contribution in [0, 0.1) is 0 Å². The minimum atomic E-state index is -0.409. The number of pyridine rings is 1. The molecule has 1 amide bonds. The number of ether oxygens (including phenoxy) is 2. The second-order valence-corrected chi connectivity index (χ2v) is 6.09. The number of amides is 1. The predicted molar refractivity (Wildman–Crippen MR) is 81.3 cm³/mol. The van der Waals surface area contributed by atoms with Gasteiger partial charge in [-0.05, 0) is 17.7 Å². The molecule has 2 aliphatic heterocycles. The Morgan fingerprint density at radius 2 is 2.09 bits per heavy atom. The zero-order valence-electron chi connectivity index (χ0n) is 13.0. The molecule has 120 valence electrons. The summed E-state index contributed by atoms with van der Waals surface area (Å²) >= 11 is 0. The fourth-order valence-electron chi connectivity index (χ4n) is 3.16. The van der Waals surface area contributed by atoms with Crippen molar-refractivity contribution in [3.63, 3.8) is 0 Å². The van der Waals surface area contributed by atoms with Gasteiger partial charge in [-0.15, -0.1) is 0 Å². The molecule has 0 bridgehead atoms. The third-order valence-corrected chi connectivity index (χ3v) is 4.28. The second-order valence-electron chi connectivity index (χ2n) is 6.09. The molecule has 2 saturated heterocycles. The maximum absolute atomic E-state index is 11.7. The molecule has 1 spiro atoms. The quantitative estimate of drug-likeness (QED) is 0.798. The van der Waals surface area contributed by atoms with Crippen molar-refractivity contribution in [1.82, 2.24) is 14.8 Å². The van der Waals surface area contributed by atoms with Crippen LogP contribution in [-0.4, -0.2) is 72.3 Å². The molecule has 0 radical (unpaired) electrons. The van der Waals surface area contributed by atoms with Crippen molar-refractivity contribution in [1.29, 1.82) is 0 Å². The summed E-state index contributed by atoms with van der Waals surface area (Å²) in [7, 11) is 0. The third-order valence-electron chi connectivity index (χ3n) is 4.28. The van der Waals surface area contributed by atoms with E-state index in [2.05, 4.69) is 9.88 Å². The highest BCUT2D eigenvalue weighted by Gasteiger charge is 2.40. The molecule has 1 aromatic rings. The first-order valence-electron chi connectivity index (χ1n) is 7.75. The maximum Gasteiger partial charge on any atom is 0.219 e. The van der Waals surface area contributed by atoms with Crippen LogP contribution in [0.1, 0.15) is 12.5 Å². The number of hydrogen-bond acceptors (Lipinski definition) is 5. The number of morpholine rings is 1. The van der Waals surface area contributed by atoms with Crippen LogP contribution < -0.4 is 0 Å². The first-order valence-corrected chi connectivity index (χ1v) is 7.75. The average Bonchev–Trinajstić information content (AvgIpc) is 2.71. The van der Waals surface area contributed by atoms with E-state index < -0.39 is 5.60 Å². The Bertz CT molecular complexity index is 511. The molecule has 0 unspecified atom stereocenters. The van der Waals surface area contributed by atoms with Crippen LogP contribution in [-0.2, 0) is 20.8 Å². The Balaban J connectivity index is 1.69. The summed E-state index contributed by atoms with van der Waals surface area (Å²) in [5, 5.41) is 0. The first-order chi connectivity index (χ1) is 10.7. The van der Waals surface area contributed by atoms with Gasteiger partial charge in [0.25, 0.3) is 0 Å². The first kappa shape index (κ1) is 15.4. The van der Waals surface area contributed by atoms with E-state index in [0.29, 0.717) is 32.9 Å². The van der Waals surface area contributed by atoms with E-state index in [1.807, 2.05) is 29.4 Å². The largest absolute Gasteiger partial charge is 0.376 e. The Labute approximate surface area is 131 Å². The van der Waals surface area contributed by atoms with Gasteiger partial charge >= 0.3 is 0 Å². The van der Waals surface area contributed by atoms with Crippen molar-refractivity contribution in [3.05, 3.63) is 30.1 Å². The number of aromatic nitrogens is 1. The summed E-state index contributed by atoms with van der Waals surface area (Å²) in [6.45, 7) is 7.19. The second kappa shape index (κ2) is 6.73. The van der Waals surface area contributed by atoms with Gasteiger partial charge in [0.2, 0.25) is 5.91 Å². The van der Waals surface area contributed by atoms with Gasteiger partial charge in [0, 0.05) is 45.5 Å². The van der Waals surface area contributed by atoms with E-state index in [-0.39, 0.29) is 5.91 Å². The average molecular weight is 305 g/mol. The van der Waals surface area contributed by atoms with E-state index in [1.54, 1.807) is 6.92 Å². The summed E-state index contributed by atoms with van der Waals surface area (Å²) in [6, 6.07) is 4.07. The predicted octanol–water partition coefficient (Wildman–Crippen LogP) is 0.531. The van der Waals surface area contributed by atoms with Crippen LogP contribution >= 0.6 is 0 Å². The van der Waals surface area contributed by atoms with Crippen LogP contribution in [0.4, 0.5) is 0 Å². The lowest BCUT2D eigenvalue weighted by Gasteiger charge is -2.43. The molecule has 2 aliphatic rings. The Morgan fingerprint density at radius 1 is 1.27 bits per heavy atom. The van der Waals surface area contributed by atoms with Gasteiger partial charge in [0.1, 0.15) is 5.60 Å². The Kier molecular flexibility index (Phi) is 4.71. The molecule has 0 aromatic carbocycles. The van der Waals surface area contributed by atoms with Crippen molar-refractivity contribution in [3.8, 4) is 0 Å². The number of carbonyl (C=O) groups is 1. The third kappa shape index (κ3) is 3.63. The van der Waals surface area contributed by atoms with Gasteiger partial charge < -0.3 is 14.4 Å². The van der Waals surface area contributed by atoms with E-state index in [1.165, 1.54) is 5.56 Å². The lowest BCUT2D eigenvalue weighted by Crippen LogP contribution is -2.58. The van der Waals surface area contributed by atoms with Crippen molar-refractivity contribution >= 4 is 5.91 Å². The number of carbonyl (C=O) groups excluding carboxylic acids is 1. The monoisotopic (exact) mass is 305 g/mol. The molecule has 3 heterocycles. The van der Waals surface area contributed by atoms with Crippen molar-refractivity contribution in [2.45, 2.75) is 19.1 Å². The van der Waals surface area contributed by atoms with Crippen LogP contribution in [0.25, 0.3) is 0 Å². The molecule has 6 heteroatoms. The highest BCUT2D eigenvalue weighted by Crippen LogP contribution is 2.23. The smallest absolute Gasteiger partial charge is 0.219 e.